The molecule has 1 heteroatoms. The molecule has 1 nitrogen and oxygen atoms in total. The first-order valence-electron chi connectivity index (χ1n) is 5.04. The van der Waals surface area contributed by atoms with Crippen molar-refractivity contribution in [3.05, 3.63) is 0 Å². The van der Waals surface area contributed by atoms with Gasteiger partial charge in [0.2, 0.25) is 0 Å². The molecule has 1 N–H and O–H groups in total. The van der Waals surface area contributed by atoms with Crippen molar-refractivity contribution in [2.45, 2.75) is 57.0 Å². The van der Waals surface area contributed by atoms with Gasteiger partial charge in [0, 0.05) is 0 Å². The highest BCUT2D eigenvalue weighted by molar-refractivity contribution is 4.93. The Labute approximate surface area is 68.8 Å². The summed E-state index contributed by atoms with van der Waals surface area (Å²) >= 11 is 0. The number of hydrogen-bond donors (Lipinski definition) is 1. The van der Waals surface area contributed by atoms with Gasteiger partial charge >= 0.3 is 0 Å². The van der Waals surface area contributed by atoms with Crippen molar-refractivity contribution in [2.75, 3.05) is 0 Å². The van der Waals surface area contributed by atoms with Crippen LogP contribution >= 0.6 is 0 Å². The fraction of sp³-hybridized carbons (Fsp3) is 1.00. The standard InChI is InChI=1S/C10H18O/c11-10-7-3-1-2-5-9(10)6-4-8-10/h9,11H,1-8H2/t9-,10-/m1/s1. The van der Waals surface area contributed by atoms with Crippen LogP contribution in [0.3, 0.4) is 0 Å². The lowest BCUT2D eigenvalue weighted by molar-refractivity contribution is -0.00340. The van der Waals surface area contributed by atoms with Gasteiger partial charge in [0.25, 0.3) is 0 Å². The Hall–Kier alpha value is -0.0400. The predicted molar refractivity (Wildman–Crippen MR) is 45.4 cm³/mol. The molecule has 11 heavy (non-hydrogen) atoms. The fourth-order valence-electron chi connectivity index (χ4n) is 2.87. The minimum Gasteiger partial charge on any atom is -0.390 e. The van der Waals surface area contributed by atoms with Crippen LogP contribution < -0.4 is 0 Å². The Balaban J connectivity index is 2.09. The van der Waals surface area contributed by atoms with Gasteiger partial charge in [-0.15, -0.1) is 0 Å². The van der Waals surface area contributed by atoms with E-state index in [0.717, 1.165) is 12.8 Å². The molecule has 64 valence electrons. The summed E-state index contributed by atoms with van der Waals surface area (Å²) in [5, 5.41) is 10.2. The number of hydrogen-bond acceptors (Lipinski definition) is 1. The van der Waals surface area contributed by atoms with Crippen LogP contribution in [-0.2, 0) is 0 Å². The highest BCUT2D eigenvalue weighted by Crippen LogP contribution is 2.44. The zero-order valence-corrected chi connectivity index (χ0v) is 7.18. The molecule has 0 saturated heterocycles. The van der Waals surface area contributed by atoms with E-state index in [9.17, 15) is 5.11 Å². The molecule has 0 amide bonds. The van der Waals surface area contributed by atoms with Gasteiger partial charge in [-0.3, -0.25) is 0 Å². The second-order valence-electron chi connectivity index (χ2n) is 4.29. The van der Waals surface area contributed by atoms with Crippen LogP contribution in [0.25, 0.3) is 0 Å². The Morgan fingerprint density at radius 3 is 2.55 bits per heavy atom. The topological polar surface area (TPSA) is 20.2 Å². The van der Waals surface area contributed by atoms with Crippen molar-refractivity contribution < 1.29 is 5.11 Å². The third kappa shape index (κ3) is 1.31. The first-order valence-corrected chi connectivity index (χ1v) is 5.04. The van der Waals surface area contributed by atoms with Gasteiger partial charge in [-0.25, -0.2) is 0 Å². The Kier molecular flexibility index (Phi) is 1.92. The molecule has 2 rings (SSSR count). The van der Waals surface area contributed by atoms with Gasteiger partial charge in [0.1, 0.15) is 0 Å². The van der Waals surface area contributed by atoms with E-state index in [2.05, 4.69) is 0 Å². The maximum absolute atomic E-state index is 10.2. The van der Waals surface area contributed by atoms with Crippen LogP contribution in [-0.4, -0.2) is 10.7 Å². The first kappa shape index (κ1) is 7.60. The molecule has 0 aliphatic heterocycles. The minimum absolute atomic E-state index is 0.226. The zero-order valence-electron chi connectivity index (χ0n) is 7.18. The molecule has 2 fully saturated rings. The van der Waals surface area contributed by atoms with Crippen LogP contribution in [0.15, 0.2) is 0 Å². The lowest BCUT2D eigenvalue weighted by Crippen LogP contribution is -2.31. The summed E-state index contributed by atoms with van der Waals surface area (Å²) in [7, 11) is 0. The smallest absolute Gasteiger partial charge is 0.0675 e. The molecule has 2 aliphatic carbocycles. The lowest BCUT2D eigenvalue weighted by Gasteiger charge is -2.27. The monoisotopic (exact) mass is 154 g/mol. The Bertz CT molecular complexity index is 144. The molecular weight excluding hydrogens is 136 g/mol. The van der Waals surface area contributed by atoms with Crippen molar-refractivity contribution in [1.82, 2.24) is 0 Å². The normalized spacial score (nSPS) is 45.0. The van der Waals surface area contributed by atoms with E-state index >= 15 is 0 Å². The maximum Gasteiger partial charge on any atom is 0.0675 e. The number of rotatable bonds is 0. The summed E-state index contributed by atoms with van der Waals surface area (Å²) in [6.45, 7) is 0. The molecule has 0 radical (unpaired) electrons. The summed E-state index contributed by atoms with van der Waals surface area (Å²) in [5.41, 5.74) is -0.226. The van der Waals surface area contributed by atoms with Gasteiger partial charge in [0.15, 0.2) is 0 Å². The van der Waals surface area contributed by atoms with Crippen LogP contribution in [0, 0.1) is 5.92 Å². The fourth-order valence-corrected chi connectivity index (χ4v) is 2.87. The molecule has 0 aromatic heterocycles. The first-order chi connectivity index (χ1) is 5.31. The maximum atomic E-state index is 10.2. The van der Waals surface area contributed by atoms with Crippen molar-refractivity contribution in [2.24, 2.45) is 5.92 Å². The van der Waals surface area contributed by atoms with Crippen molar-refractivity contribution in [3.8, 4) is 0 Å². The average Bonchev–Trinajstić information content (AvgIpc) is 2.24. The summed E-state index contributed by atoms with van der Waals surface area (Å²) in [4.78, 5) is 0. The quantitative estimate of drug-likeness (QED) is 0.568. The van der Waals surface area contributed by atoms with Crippen LogP contribution in [0.2, 0.25) is 0 Å². The van der Waals surface area contributed by atoms with E-state index in [4.69, 9.17) is 0 Å². The van der Waals surface area contributed by atoms with E-state index < -0.39 is 0 Å². The zero-order chi connectivity index (χ0) is 7.73. The second kappa shape index (κ2) is 2.78. The average molecular weight is 154 g/mol. The third-order valence-electron chi connectivity index (χ3n) is 3.58. The van der Waals surface area contributed by atoms with Crippen molar-refractivity contribution >= 4 is 0 Å². The molecule has 0 unspecified atom stereocenters. The number of aliphatic hydroxyl groups is 1. The molecule has 2 saturated carbocycles. The Morgan fingerprint density at radius 1 is 0.909 bits per heavy atom. The molecule has 0 bridgehead atoms. The summed E-state index contributed by atoms with van der Waals surface area (Å²) in [6.07, 6.45) is 9.96. The van der Waals surface area contributed by atoms with Crippen molar-refractivity contribution in [1.29, 1.82) is 0 Å². The molecule has 0 spiro atoms. The largest absolute Gasteiger partial charge is 0.390 e. The summed E-state index contributed by atoms with van der Waals surface area (Å²) in [5.74, 6) is 0.657. The van der Waals surface area contributed by atoms with Crippen LogP contribution in [0.5, 0.6) is 0 Å². The molecule has 2 atom stereocenters. The van der Waals surface area contributed by atoms with Gasteiger partial charge in [-0.1, -0.05) is 25.7 Å². The second-order valence-corrected chi connectivity index (χ2v) is 4.29. The Morgan fingerprint density at radius 2 is 1.64 bits per heavy atom. The molecule has 0 aromatic rings. The highest BCUT2D eigenvalue weighted by atomic mass is 16.3. The van der Waals surface area contributed by atoms with Gasteiger partial charge < -0.3 is 5.11 Å². The lowest BCUT2D eigenvalue weighted by atomic mass is 9.87. The van der Waals surface area contributed by atoms with E-state index in [1.807, 2.05) is 0 Å². The summed E-state index contributed by atoms with van der Waals surface area (Å²) in [6, 6.07) is 0. The van der Waals surface area contributed by atoms with E-state index in [1.54, 1.807) is 0 Å². The van der Waals surface area contributed by atoms with Crippen LogP contribution in [0.1, 0.15) is 51.4 Å². The molecule has 2 aliphatic rings. The van der Waals surface area contributed by atoms with Gasteiger partial charge in [-0.2, -0.15) is 0 Å². The minimum atomic E-state index is -0.226. The van der Waals surface area contributed by atoms with Crippen molar-refractivity contribution in [3.63, 3.8) is 0 Å². The molecule has 0 aromatic carbocycles. The summed E-state index contributed by atoms with van der Waals surface area (Å²) < 4.78 is 0. The highest BCUT2D eigenvalue weighted by Gasteiger charge is 2.40. The SMILES string of the molecule is O[C@@]12CCCCC[C@@H]1CCC2. The van der Waals surface area contributed by atoms with Gasteiger partial charge in [0.05, 0.1) is 5.60 Å². The van der Waals surface area contributed by atoms with Gasteiger partial charge in [-0.05, 0) is 31.6 Å². The third-order valence-corrected chi connectivity index (χ3v) is 3.58. The number of fused-ring (bicyclic) bond motifs is 1. The molecular formula is C10H18O. The van der Waals surface area contributed by atoms with E-state index in [-0.39, 0.29) is 5.60 Å². The molecule has 0 heterocycles. The van der Waals surface area contributed by atoms with Crippen LogP contribution in [0.4, 0.5) is 0 Å². The predicted octanol–water partition coefficient (Wildman–Crippen LogP) is 2.48. The van der Waals surface area contributed by atoms with E-state index in [0.29, 0.717) is 5.92 Å². The van der Waals surface area contributed by atoms with E-state index in [1.165, 1.54) is 38.5 Å².